The molecular weight excluding hydrogens is 254 g/mol. The van der Waals surface area contributed by atoms with Crippen molar-refractivity contribution in [3.8, 4) is 0 Å². The molecular formula is C15H21N3O2. The van der Waals surface area contributed by atoms with E-state index >= 15 is 0 Å². The monoisotopic (exact) mass is 275 g/mol. The van der Waals surface area contributed by atoms with E-state index in [0.717, 1.165) is 25.1 Å². The molecule has 0 aliphatic carbocycles. The van der Waals surface area contributed by atoms with Crippen LogP contribution >= 0.6 is 0 Å². The first-order chi connectivity index (χ1) is 9.59. The Bertz CT molecular complexity index is 592. The molecule has 0 saturated carbocycles. The molecule has 5 heteroatoms. The molecule has 0 radical (unpaired) electrons. The molecule has 1 aromatic heterocycles. The molecule has 0 unspecified atom stereocenters. The number of nitrogens with one attached hydrogen (secondary N) is 1. The molecule has 0 bridgehead atoms. The first-order valence-corrected chi connectivity index (χ1v) is 6.86. The minimum atomic E-state index is -0.924. The summed E-state index contributed by atoms with van der Waals surface area (Å²) in [7, 11) is 2.03. The number of hydrogen-bond donors (Lipinski definition) is 3. The van der Waals surface area contributed by atoms with Crippen LogP contribution in [0.4, 0.5) is 5.69 Å². The number of aliphatic carboxylic acids is 1. The number of nitrogens with two attached hydrogens (primary N) is 1. The topological polar surface area (TPSA) is 80.3 Å². The number of para-hydroxylation sites is 1. The van der Waals surface area contributed by atoms with Crippen LogP contribution in [0.25, 0.3) is 10.9 Å². The van der Waals surface area contributed by atoms with Crippen LogP contribution in [0.15, 0.2) is 30.5 Å². The van der Waals surface area contributed by atoms with Crippen LogP contribution in [-0.2, 0) is 11.8 Å². The second-order valence-electron chi connectivity index (χ2n) is 5.04. The van der Waals surface area contributed by atoms with Gasteiger partial charge in [0.05, 0.1) is 5.69 Å². The fourth-order valence-electron chi connectivity index (χ4n) is 2.32. The van der Waals surface area contributed by atoms with E-state index in [-0.39, 0.29) is 0 Å². The van der Waals surface area contributed by atoms with Gasteiger partial charge in [0.1, 0.15) is 6.04 Å². The van der Waals surface area contributed by atoms with Gasteiger partial charge in [0.15, 0.2) is 0 Å². The van der Waals surface area contributed by atoms with Gasteiger partial charge in [-0.15, -0.1) is 0 Å². The van der Waals surface area contributed by atoms with Crippen molar-refractivity contribution in [2.45, 2.75) is 25.3 Å². The quantitative estimate of drug-likeness (QED) is 0.677. The Labute approximate surface area is 118 Å². The molecule has 0 amide bonds. The predicted molar refractivity (Wildman–Crippen MR) is 80.9 cm³/mol. The smallest absolute Gasteiger partial charge is 0.320 e. The maximum absolute atomic E-state index is 10.6. The van der Waals surface area contributed by atoms with Crippen molar-refractivity contribution in [3.63, 3.8) is 0 Å². The average molecular weight is 275 g/mol. The van der Waals surface area contributed by atoms with Crippen molar-refractivity contribution < 1.29 is 9.90 Å². The van der Waals surface area contributed by atoms with E-state index in [0.29, 0.717) is 6.42 Å². The van der Waals surface area contributed by atoms with Crippen LogP contribution < -0.4 is 11.1 Å². The molecule has 20 heavy (non-hydrogen) atoms. The fourth-order valence-corrected chi connectivity index (χ4v) is 2.32. The van der Waals surface area contributed by atoms with Crippen molar-refractivity contribution in [3.05, 3.63) is 30.5 Å². The highest BCUT2D eigenvalue weighted by Crippen LogP contribution is 2.24. The van der Waals surface area contributed by atoms with Crippen LogP contribution in [0.3, 0.4) is 0 Å². The van der Waals surface area contributed by atoms with E-state index in [9.17, 15) is 4.79 Å². The summed E-state index contributed by atoms with van der Waals surface area (Å²) in [6.07, 6.45) is 4.32. The SMILES string of the molecule is Cn1cc(NCCCC[C@H](N)C(=O)O)c2ccccc21. The van der Waals surface area contributed by atoms with Crippen LogP contribution in [0, 0.1) is 0 Å². The van der Waals surface area contributed by atoms with Gasteiger partial charge in [-0.2, -0.15) is 0 Å². The minimum Gasteiger partial charge on any atom is -0.480 e. The highest BCUT2D eigenvalue weighted by molar-refractivity contribution is 5.92. The number of carboxylic acid groups (broad SMARTS) is 1. The Balaban J connectivity index is 1.83. The molecule has 2 aromatic rings. The number of fused-ring (bicyclic) bond motifs is 1. The number of carbonyl (C=O) groups is 1. The number of benzene rings is 1. The third-order valence-electron chi connectivity index (χ3n) is 3.47. The van der Waals surface area contributed by atoms with Gasteiger partial charge in [-0.3, -0.25) is 4.79 Å². The van der Waals surface area contributed by atoms with Gasteiger partial charge in [0, 0.05) is 30.7 Å². The number of rotatable bonds is 7. The summed E-state index contributed by atoms with van der Waals surface area (Å²) in [4.78, 5) is 10.6. The Kier molecular flexibility index (Phi) is 4.63. The largest absolute Gasteiger partial charge is 0.480 e. The van der Waals surface area contributed by atoms with Crippen LogP contribution in [0.5, 0.6) is 0 Å². The average Bonchev–Trinajstić information content (AvgIpc) is 2.75. The minimum absolute atomic E-state index is 0.520. The Morgan fingerprint density at radius 3 is 2.90 bits per heavy atom. The number of unbranched alkanes of at least 4 members (excludes halogenated alkanes) is 1. The molecule has 1 aromatic carbocycles. The molecule has 1 heterocycles. The Hall–Kier alpha value is -2.01. The molecule has 5 nitrogen and oxygen atoms in total. The van der Waals surface area contributed by atoms with Crippen LogP contribution in [0.1, 0.15) is 19.3 Å². The van der Waals surface area contributed by atoms with Crippen LogP contribution in [0.2, 0.25) is 0 Å². The van der Waals surface area contributed by atoms with Crippen molar-refractivity contribution in [1.29, 1.82) is 0 Å². The second-order valence-corrected chi connectivity index (χ2v) is 5.04. The highest BCUT2D eigenvalue weighted by Gasteiger charge is 2.10. The molecule has 4 N–H and O–H groups in total. The third kappa shape index (κ3) is 3.30. The first-order valence-electron chi connectivity index (χ1n) is 6.86. The Morgan fingerprint density at radius 1 is 1.40 bits per heavy atom. The number of nitrogens with zero attached hydrogens (tertiary/aromatic N) is 1. The zero-order valence-electron chi connectivity index (χ0n) is 11.7. The first kappa shape index (κ1) is 14.4. The van der Waals surface area contributed by atoms with E-state index in [1.807, 2.05) is 19.2 Å². The highest BCUT2D eigenvalue weighted by atomic mass is 16.4. The van der Waals surface area contributed by atoms with Gasteiger partial charge in [-0.05, 0) is 25.3 Å². The van der Waals surface area contributed by atoms with Crippen molar-refractivity contribution >= 4 is 22.6 Å². The molecule has 1 atom stereocenters. The molecule has 0 fully saturated rings. The summed E-state index contributed by atoms with van der Waals surface area (Å²) in [5, 5.41) is 13.3. The fraction of sp³-hybridized carbons (Fsp3) is 0.400. The van der Waals surface area contributed by atoms with E-state index < -0.39 is 12.0 Å². The molecule has 0 aliphatic heterocycles. The van der Waals surface area contributed by atoms with Crippen molar-refractivity contribution in [1.82, 2.24) is 4.57 Å². The van der Waals surface area contributed by atoms with Crippen molar-refractivity contribution in [2.24, 2.45) is 12.8 Å². The zero-order chi connectivity index (χ0) is 14.5. The summed E-state index contributed by atoms with van der Waals surface area (Å²) < 4.78 is 2.10. The molecule has 0 saturated heterocycles. The lowest BCUT2D eigenvalue weighted by molar-refractivity contribution is -0.138. The lowest BCUT2D eigenvalue weighted by Crippen LogP contribution is -2.29. The second kappa shape index (κ2) is 6.43. The lowest BCUT2D eigenvalue weighted by Gasteiger charge is -2.07. The van der Waals surface area contributed by atoms with Gasteiger partial charge >= 0.3 is 5.97 Å². The molecule has 0 spiro atoms. The van der Waals surface area contributed by atoms with Gasteiger partial charge in [0.25, 0.3) is 0 Å². The maximum Gasteiger partial charge on any atom is 0.320 e. The summed E-state index contributed by atoms with van der Waals surface area (Å²) in [6.45, 7) is 0.820. The Morgan fingerprint density at radius 2 is 2.15 bits per heavy atom. The standard InChI is InChI=1S/C15H21N3O2/c1-18-10-13(11-6-2-3-8-14(11)18)17-9-5-4-7-12(16)15(19)20/h2-3,6,8,10,12,17H,4-5,7,9,16H2,1H3,(H,19,20)/t12-/m0/s1. The van der Waals surface area contributed by atoms with Gasteiger partial charge in [-0.25, -0.2) is 0 Å². The molecule has 108 valence electrons. The van der Waals surface area contributed by atoms with E-state index in [4.69, 9.17) is 10.8 Å². The third-order valence-corrected chi connectivity index (χ3v) is 3.47. The van der Waals surface area contributed by atoms with Gasteiger partial charge < -0.3 is 20.7 Å². The van der Waals surface area contributed by atoms with Gasteiger partial charge in [-0.1, -0.05) is 18.2 Å². The zero-order valence-corrected chi connectivity index (χ0v) is 11.7. The molecule has 0 aliphatic rings. The number of aryl methyl sites for hydroxylation is 1. The van der Waals surface area contributed by atoms with E-state index in [1.54, 1.807) is 0 Å². The van der Waals surface area contributed by atoms with Gasteiger partial charge in [0.2, 0.25) is 0 Å². The summed E-state index contributed by atoms with van der Waals surface area (Å²) in [5.41, 5.74) is 7.78. The molecule has 2 rings (SSSR count). The van der Waals surface area contributed by atoms with E-state index in [1.165, 1.54) is 10.9 Å². The number of carboxylic acids is 1. The van der Waals surface area contributed by atoms with Crippen LogP contribution in [-0.4, -0.2) is 28.2 Å². The number of hydrogen-bond acceptors (Lipinski definition) is 3. The normalized spacial score (nSPS) is 12.5. The summed E-state index contributed by atoms with van der Waals surface area (Å²) in [5.74, 6) is -0.924. The number of aromatic nitrogens is 1. The van der Waals surface area contributed by atoms with E-state index in [2.05, 4.69) is 28.2 Å². The summed E-state index contributed by atoms with van der Waals surface area (Å²) >= 11 is 0. The summed E-state index contributed by atoms with van der Waals surface area (Å²) in [6, 6.07) is 7.50. The van der Waals surface area contributed by atoms with Crippen molar-refractivity contribution in [2.75, 3.05) is 11.9 Å². The maximum atomic E-state index is 10.6. The lowest BCUT2D eigenvalue weighted by atomic mass is 10.1. The predicted octanol–water partition coefficient (Wildman–Crippen LogP) is 2.17. The number of anilines is 1.